The molecule has 2 aromatic rings. The zero-order valence-electron chi connectivity index (χ0n) is 8.58. The van der Waals surface area contributed by atoms with Gasteiger partial charge in [0, 0.05) is 10.9 Å². The molecule has 1 aromatic heterocycles. The second kappa shape index (κ2) is 5.45. The lowest BCUT2D eigenvalue weighted by molar-refractivity contribution is 0.102. The second-order valence-corrected chi connectivity index (χ2v) is 4.07. The molecule has 17 heavy (non-hydrogen) atoms. The Hall–Kier alpha value is -1.88. The van der Waals surface area contributed by atoms with Crippen LogP contribution in [0.25, 0.3) is 0 Å². The van der Waals surface area contributed by atoms with Gasteiger partial charge in [0.2, 0.25) is 0 Å². The number of nitrogens with one attached hydrogen (secondary N) is 1. The van der Waals surface area contributed by atoms with Gasteiger partial charge in [-0.25, -0.2) is 0 Å². The third-order valence-corrected chi connectivity index (χ3v) is 2.75. The van der Waals surface area contributed by atoms with Crippen LogP contribution in [0.3, 0.4) is 0 Å². The van der Waals surface area contributed by atoms with Gasteiger partial charge in [0.15, 0.2) is 10.9 Å². The molecule has 0 atom stereocenters. The number of rotatable bonds is 3. The van der Waals surface area contributed by atoms with Gasteiger partial charge in [-0.05, 0) is 24.4 Å². The number of nitrogens with zero attached hydrogens (tertiary/aromatic N) is 2. The highest BCUT2D eigenvalue weighted by Crippen LogP contribution is 2.21. The van der Waals surface area contributed by atoms with Crippen molar-refractivity contribution in [2.24, 2.45) is 4.99 Å². The largest absolute Gasteiger partial charge is 0.298 e. The van der Waals surface area contributed by atoms with E-state index in [9.17, 15) is 4.79 Å². The van der Waals surface area contributed by atoms with Gasteiger partial charge in [-0.3, -0.25) is 10.1 Å². The van der Waals surface area contributed by atoms with Crippen molar-refractivity contribution in [3.63, 3.8) is 0 Å². The zero-order valence-corrected chi connectivity index (χ0v) is 10.2. The third kappa shape index (κ3) is 3.04. The molecule has 1 amide bonds. The summed E-state index contributed by atoms with van der Waals surface area (Å²) in [7, 11) is 0. The molecule has 0 saturated carbocycles. The zero-order chi connectivity index (χ0) is 12.1. The van der Waals surface area contributed by atoms with E-state index >= 15 is 0 Å². The summed E-state index contributed by atoms with van der Waals surface area (Å²) in [6, 6.07) is 8.93. The number of hydrogen-bond donors (Lipinski definition) is 1. The minimum absolute atomic E-state index is 0.196. The number of aromatic nitrogens is 1. The molecular formula is C11H7N3OS2. The number of isothiocyanates is 1. The number of amides is 1. The summed E-state index contributed by atoms with van der Waals surface area (Å²) in [5.74, 6) is 0.256. The summed E-state index contributed by atoms with van der Waals surface area (Å²) in [6.07, 6.45) is 0. The van der Waals surface area contributed by atoms with Crippen molar-refractivity contribution in [1.29, 1.82) is 0 Å². The quantitative estimate of drug-likeness (QED) is 0.682. The third-order valence-electron chi connectivity index (χ3n) is 1.91. The van der Waals surface area contributed by atoms with E-state index in [1.807, 2.05) is 6.07 Å². The number of carbonyl (C=O) groups excluding carboxylic acids is 1. The number of anilines is 1. The SMILES string of the molecule is O=C(Nc1nc(N=C=S)cs1)c1ccccc1. The topological polar surface area (TPSA) is 54.4 Å². The van der Waals surface area contributed by atoms with Gasteiger partial charge in [0.1, 0.15) is 0 Å². The predicted octanol–water partition coefficient (Wildman–Crippen LogP) is 3.13. The van der Waals surface area contributed by atoms with Gasteiger partial charge >= 0.3 is 0 Å². The maximum Gasteiger partial charge on any atom is 0.257 e. The van der Waals surface area contributed by atoms with Crippen LogP contribution in [0.4, 0.5) is 10.9 Å². The molecule has 0 bridgehead atoms. The van der Waals surface area contributed by atoms with E-state index < -0.39 is 0 Å². The molecule has 0 spiro atoms. The smallest absolute Gasteiger partial charge is 0.257 e. The molecule has 6 heteroatoms. The molecule has 2 rings (SSSR count). The van der Waals surface area contributed by atoms with E-state index in [0.717, 1.165) is 0 Å². The molecule has 1 heterocycles. The lowest BCUT2D eigenvalue weighted by Gasteiger charge is -2.00. The Kier molecular flexibility index (Phi) is 3.72. The minimum atomic E-state index is -0.196. The standard InChI is InChI=1S/C11H7N3OS2/c15-10(8-4-2-1-3-5-8)14-11-13-9(6-17-11)12-7-16/h1-6H,(H,13,14,15). The highest BCUT2D eigenvalue weighted by molar-refractivity contribution is 7.78. The van der Waals surface area contributed by atoms with Gasteiger partial charge in [-0.1, -0.05) is 18.2 Å². The Morgan fingerprint density at radius 2 is 2.18 bits per heavy atom. The Bertz CT molecular complexity index is 573. The van der Waals surface area contributed by atoms with Crippen molar-refractivity contribution < 1.29 is 4.79 Å². The van der Waals surface area contributed by atoms with Gasteiger partial charge < -0.3 is 0 Å². The van der Waals surface area contributed by atoms with Gasteiger partial charge in [0.05, 0.1) is 5.16 Å². The number of thiazole rings is 1. The van der Waals surface area contributed by atoms with E-state index in [-0.39, 0.29) is 5.91 Å². The molecule has 0 aliphatic rings. The van der Waals surface area contributed by atoms with Crippen molar-refractivity contribution in [3.8, 4) is 0 Å². The Labute approximate surface area is 107 Å². The molecule has 0 aliphatic heterocycles. The van der Waals surface area contributed by atoms with Crippen LogP contribution in [0, 0.1) is 0 Å². The molecule has 0 radical (unpaired) electrons. The molecule has 1 aromatic carbocycles. The Balaban J connectivity index is 2.10. The second-order valence-electron chi connectivity index (χ2n) is 3.03. The highest BCUT2D eigenvalue weighted by Gasteiger charge is 2.07. The molecule has 0 fully saturated rings. The molecule has 0 aliphatic carbocycles. The van der Waals surface area contributed by atoms with E-state index in [4.69, 9.17) is 0 Å². The average molecular weight is 261 g/mol. The van der Waals surface area contributed by atoms with Crippen LogP contribution in [0.1, 0.15) is 10.4 Å². The predicted molar refractivity (Wildman–Crippen MR) is 71.2 cm³/mol. The van der Waals surface area contributed by atoms with Gasteiger partial charge in [-0.15, -0.1) is 11.3 Å². The van der Waals surface area contributed by atoms with Crippen molar-refractivity contribution in [2.45, 2.75) is 0 Å². The number of hydrogen-bond acceptors (Lipinski definition) is 5. The number of thiocarbonyl (C=S) groups is 1. The van der Waals surface area contributed by atoms with E-state index in [1.54, 1.807) is 29.6 Å². The lowest BCUT2D eigenvalue weighted by Crippen LogP contribution is -2.11. The van der Waals surface area contributed by atoms with Crippen LogP contribution in [0.5, 0.6) is 0 Å². The molecule has 1 N–H and O–H groups in total. The molecule has 4 nitrogen and oxygen atoms in total. The normalized spacial score (nSPS) is 9.41. The van der Waals surface area contributed by atoms with Crippen LogP contribution in [-0.4, -0.2) is 16.1 Å². The Morgan fingerprint density at radius 1 is 1.41 bits per heavy atom. The lowest BCUT2D eigenvalue weighted by atomic mass is 10.2. The van der Waals surface area contributed by atoms with Crippen LogP contribution in [-0.2, 0) is 0 Å². The Morgan fingerprint density at radius 3 is 2.88 bits per heavy atom. The van der Waals surface area contributed by atoms with Crippen molar-refractivity contribution in [2.75, 3.05) is 5.32 Å². The summed E-state index contributed by atoms with van der Waals surface area (Å²) in [5.41, 5.74) is 0.586. The van der Waals surface area contributed by atoms with Crippen molar-refractivity contribution in [3.05, 3.63) is 41.3 Å². The van der Waals surface area contributed by atoms with E-state index in [1.165, 1.54) is 11.3 Å². The monoisotopic (exact) mass is 261 g/mol. The summed E-state index contributed by atoms with van der Waals surface area (Å²) in [6.45, 7) is 0. The average Bonchev–Trinajstić information content (AvgIpc) is 2.78. The maximum atomic E-state index is 11.8. The first-order valence-corrected chi connectivity index (χ1v) is 5.98. The molecule has 84 valence electrons. The first-order valence-electron chi connectivity index (χ1n) is 4.69. The number of aliphatic imine (C=N–C) groups is 1. The molecule has 0 unspecified atom stereocenters. The van der Waals surface area contributed by atoms with Crippen molar-refractivity contribution >= 4 is 45.6 Å². The number of benzene rings is 1. The van der Waals surface area contributed by atoms with Crippen LogP contribution < -0.4 is 5.32 Å². The van der Waals surface area contributed by atoms with E-state index in [0.29, 0.717) is 16.5 Å². The van der Waals surface area contributed by atoms with Crippen LogP contribution in [0.15, 0.2) is 40.7 Å². The fourth-order valence-electron chi connectivity index (χ4n) is 1.18. The van der Waals surface area contributed by atoms with Crippen LogP contribution in [0.2, 0.25) is 0 Å². The summed E-state index contributed by atoms with van der Waals surface area (Å²) >= 11 is 5.76. The summed E-state index contributed by atoms with van der Waals surface area (Å²) in [5, 5.41) is 7.09. The summed E-state index contributed by atoms with van der Waals surface area (Å²) < 4.78 is 0. The first kappa shape index (κ1) is 11.6. The van der Waals surface area contributed by atoms with Crippen LogP contribution >= 0.6 is 23.6 Å². The van der Waals surface area contributed by atoms with Crippen molar-refractivity contribution in [1.82, 2.24) is 4.98 Å². The first-order chi connectivity index (χ1) is 8.29. The minimum Gasteiger partial charge on any atom is -0.298 e. The van der Waals surface area contributed by atoms with Gasteiger partial charge in [-0.2, -0.15) is 9.98 Å². The molecular weight excluding hydrogens is 254 g/mol. The maximum absolute atomic E-state index is 11.8. The number of carbonyl (C=O) groups is 1. The fraction of sp³-hybridized carbons (Fsp3) is 0. The molecule has 0 saturated heterocycles. The van der Waals surface area contributed by atoms with E-state index in [2.05, 4.69) is 32.7 Å². The van der Waals surface area contributed by atoms with Gasteiger partial charge in [0.25, 0.3) is 5.91 Å². The highest BCUT2D eigenvalue weighted by atomic mass is 32.1. The fourth-order valence-corrected chi connectivity index (χ4v) is 1.89. The summed E-state index contributed by atoms with van der Waals surface area (Å²) in [4.78, 5) is 19.5.